The van der Waals surface area contributed by atoms with Gasteiger partial charge in [0, 0.05) is 11.4 Å². The number of rotatable bonds is 2. The molecule has 16 heavy (non-hydrogen) atoms. The summed E-state index contributed by atoms with van der Waals surface area (Å²) in [4.78, 5) is 10.8. The van der Waals surface area contributed by atoms with Crippen LogP contribution in [0.4, 0.5) is 0 Å². The van der Waals surface area contributed by atoms with Crippen LogP contribution < -0.4 is 0 Å². The van der Waals surface area contributed by atoms with Crippen molar-refractivity contribution in [3.63, 3.8) is 0 Å². The number of aliphatic carboxylic acids is 1. The highest BCUT2D eigenvalue weighted by Crippen LogP contribution is 2.38. The average molecular weight is 239 g/mol. The molecule has 86 valence electrons. The van der Waals surface area contributed by atoms with Gasteiger partial charge in [-0.3, -0.25) is 4.79 Å². The van der Waals surface area contributed by atoms with E-state index >= 15 is 0 Å². The van der Waals surface area contributed by atoms with E-state index in [1.54, 1.807) is 0 Å². The van der Waals surface area contributed by atoms with Crippen LogP contribution >= 0.6 is 11.6 Å². The quantitative estimate of drug-likeness (QED) is 0.857. The minimum Gasteiger partial charge on any atom is -0.481 e. The number of carboxylic acids is 1. The molecule has 0 bridgehead atoms. The van der Waals surface area contributed by atoms with Crippen molar-refractivity contribution in [3.8, 4) is 0 Å². The second kappa shape index (κ2) is 4.46. The highest BCUT2D eigenvalue weighted by atomic mass is 35.5. The van der Waals surface area contributed by atoms with Gasteiger partial charge in [0.15, 0.2) is 0 Å². The summed E-state index contributed by atoms with van der Waals surface area (Å²) in [6.45, 7) is 2.10. The van der Waals surface area contributed by atoms with E-state index in [-0.39, 0.29) is 12.3 Å². The molecule has 2 rings (SSSR count). The maximum atomic E-state index is 10.8. The van der Waals surface area contributed by atoms with Crippen molar-refractivity contribution < 1.29 is 9.90 Å². The lowest BCUT2D eigenvalue weighted by atomic mass is 9.75. The van der Waals surface area contributed by atoms with Crippen molar-refractivity contribution in [2.45, 2.75) is 32.1 Å². The molecule has 1 aromatic rings. The molecule has 0 fully saturated rings. The third-order valence-electron chi connectivity index (χ3n) is 3.53. The third-order valence-corrected chi connectivity index (χ3v) is 3.76. The second-order valence-electron chi connectivity index (χ2n) is 4.53. The molecule has 3 heteroatoms. The second-order valence-corrected chi connectivity index (χ2v) is 4.96. The van der Waals surface area contributed by atoms with Gasteiger partial charge in [-0.15, -0.1) is 0 Å². The molecule has 1 aliphatic carbocycles. The maximum absolute atomic E-state index is 10.8. The topological polar surface area (TPSA) is 37.3 Å². The van der Waals surface area contributed by atoms with Crippen molar-refractivity contribution in [2.24, 2.45) is 5.92 Å². The molecule has 2 nitrogen and oxygen atoms in total. The first-order valence-electron chi connectivity index (χ1n) is 5.58. The highest BCUT2D eigenvalue weighted by molar-refractivity contribution is 6.30. The first-order valence-corrected chi connectivity index (χ1v) is 5.96. The van der Waals surface area contributed by atoms with E-state index in [0.29, 0.717) is 5.92 Å². The van der Waals surface area contributed by atoms with E-state index in [1.807, 2.05) is 12.1 Å². The van der Waals surface area contributed by atoms with Crippen LogP contribution in [0.1, 0.15) is 36.8 Å². The van der Waals surface area contributed by atoms with E-state index in [4.69, 9.17) is 16.7 Å². The molecule has 0 saturated carbocycles. The van der Waals surface area contributed by atoms with Gasteiger partial charge in [0.25, 0.3) is 0 Å². The van der Waals surface area contributed by atoms with Gasteiger partial charge in [0.2, 0.25) is 0 Å². The zero-order valence-corrected chi connectivity index (χ0v) is 10.00. The van der Waals surface area contributed by atoms with E-state index in [0.717, 1.165) is 17.9 Å². The lowest BCUT2D eigenvalue weighted by Crippen LogP contribution is -2.21. The molecule has 0 heterocycles. The van der Waals surface area contributed by atoms with Crippen LogP contribution in [0.25, 0.3) is 0 Å². The van der Waals surface area contributed by atoms with Gasteiger partial charge >= 0.3 is 5.97 Å². The Morgan fingerprint density at radius 3 is 3.00 bits per heavy atom. The van der Waals surface area contributed by atoms with Crippen molar-refractivity contribution in [2.75, 3.05) is 0 Å². The predicted octanol–water partition coefficient (Wildman–Crippen LogP) is 3.48. The highest BCUT2D eigenvalue weighted by Gasteiger charge is 2.27. The van der Waals surface area contributed by atoms with E-state index in [2.05, 4.69) is 13.0 Å². The SMILES string of the molecule is CC1c2cc(Cl)ccc2CCC1CC(=O)O. The Bertz CT molecular complexity index is 414. The van der Waals surface area contributed by atoms with Gasteiger partial charge in [-0.1, -0.05) is 24.6 Å². The summed E-state index contributed by atoms with van der Waals surface area (Å²) in [6, 6.07) is 5.95. The van der Waals surface area contributed by atoms with E-state index < -0.39 is 5.97 Å². The Hall–Kier alpha value is -1.02. The van der Waals surface area contributed by atoms with Gasteiger partial charge in [-0.25, -0.2) is 0 Å². The largest absolute Gasteiger partial charge is 0.481 e. The number of carbonyl (C=O) groups is 1. The number of fused-ring (bicyclic) bond motifs is 1. The zero-order valence-electron chi connectivity index (χ0n) is 9.24. The van der Waals surface area contributed by atoms with Crippen molar-refractivity contribution in [1.29, 1.82) is 0 Å². The number of carboxylic acid groups (broad SMARTS) is 1. The molecule has 0 spiro atoms. The van der Waals surface area contributed by atoms with Crippen molar-refractivity contribution in [3.05, 3.63) is 34.3 Å². The summed E-state index contributed by atoms with van der Waals surface area (Å²) in [5.74, 6) is -0.177. The molecule has 1 aliphatic rings. The summed E-state index contributed by atoms with van der Waals surface area (Å²) in [5, 5.41) is 9.60. The number of hydrogen-bond acceptors (Lipinski definition) is 1. The first kappa shape index (κ1) is 11.5. The molecule has 0 amide bonds. The fraction of sp³-hybridized carbons (Fsp3) is 0.462. The van der Waals surface area contributed by atoms with Gasteiger partial charge < -0.3 is 5.11 Å². The Kier molecular flexibility index (Phi) is 3.20. The first-order chi connectivity index (χ1) is 7.58. The Morgan fingerprint density at radius 1 is 1.56 bits per heavy atom. The van der Waals surface area contributed by atoms with Gasteiger partial charge in [0.05, 0.1) is 0 Å². The molecule has 2 unspecified atom stereocenters. The molecule has 0 aliphatic heterocycles. The van der Waals surface area contributed by atoms with Gasteiger partial charge in [-0.2, -0.15) is 0 Å². The van der Waals surface area contributed by atoms with Crippen molar-refractivity contribution >= 4 is 17.6 Å². The van der Waals surface area contributed by atoms with Crippen molar-refractivity contribution in [1.82, 2.24) is 0 Å². The fourth-order valence-corrected chi connectivity index (χ4v) is 2.75. The number of aryl methyl sites for hydroxylation is 1. The fourth-order valence-electron chi connectivity index (χ4n) is 2.57. The third kappa shape index (κ3) is 2.22. The molecule has 0 saturated heterocycles. The Morgan fingerprint density at radius 2 is 2.31 bits per heavy atom. The number of hydrogen-bond donors (Lipinski definition) is 1. The Balaban J connectivity index is 2.26. The lowest BCUT2D eigenvalue weighted by molar-refractivity contribution is -0.138. The maximum Gasteiger partial charge on any atom is 0.303 e. The lowest BCUT2D eigenvalue weighted by Gasteiger charge is -2.30. The average Bonchev–Trinajstić information content (AvgIpc) is 2.22. The summed E-state index contributed by atoms with van der Waals surface area (Å²) >= 11 is 5.98. The van der Waals surface area contributed by atoms with Crippen LogP contribution in [0.5, 0.6) is 0 Å². The minimum atomic E-state index is -0.706. The molecule has 1 N–H and O–H groups in total. The summed E-state index contributed by atoms with van der Waals surface area (Å²) in [6.07, 6.45) is 2.18. The van der Waals surface area contributed by atoms with Crippen LogP contribution in [-0.2, 0) is 11.2 Å². The number of benzene rings is 1. The Labute approximate surface area is 100 Å². The van der Waals surface area contributed by atoms with Crippen LogP contribution in [0, 0.1) is 5.92 Å². The molecule has 0 aromatic heterocycles. The smallest absolute Gasteiger partial charge is 0.303 e. The zero-order chi connectivity index (χ0) is 11.7. The summed E-state index contributed by atoms with van der Waals surface area (Å²) in [7, 11) is 0. The molecular weight excluding hydrogens is 224 g/mol. The standard InChI is InChI=1S/C13H15ClO2/c1-8-10(6-13(15)16)3-2-9-4-5-11(14)7-12(8)9/h4-5,7-8,10H,2-3,6H2,1H3,(H,15,16). The van der Waals surface area contributed by atoms with Crippen LogP contribution in [0.3, 0.4) is 0 Å². The molecule has 0 radical (unpaired) electrons. The van der Waals surface area contributed by atoms with Crippen LogP contribution in [0.15, 0.2) is 18.2 Å². The summed E-state index contributed by atoms with van der Waals surface area (Å²) in [5.41, 5.74) is 2.54. The van der Waals surface area contributed by atoms with E-state index in [1.165, 1.54) is 11.1 Å². The molecule has 1 aromatic carbocycles. The number of halogens is 1. The van der Waals surface area contributed by atoms with Gasteiger partial charge in [-0.05, 0) is 47.9 Å². The molecule has 2 atom stereocenters. The predicted molar refractivity (Wildman–Crippen MR) is 63.9 cm³/mol. The summed E-state index contributed by atoms with van der Waals surface area (Å²) < 4.78 is 0. The van der Waals surface area contributed by atoms with Crippen LogP contribution in [-0.4, -0.2) is 11.1 Å². The normalized spacial score (nSPS) is 23.9. The minimum absolute atomic E-state index is 0.239. The van der Waals surface area contributed by atoms with E-state index in [9.17, 15) is 4.79 Å². The monoisotopic (exact) mass is 238 g/mol. The molecular formula is C13H15ClO2. The van der Waals surface area contributed by atoms with Crippen LogP contribution in [0.2, 0.25) is 5.02 Å². The van der Waals surface area contributed by atoms with Gasteiger partial charge in [0.1, 0.15) is 0 Å².